The maximum Gasteiger partial charge on any atom is 0.223 e. The van der Waals surface area contributed by atoms with Crippen LogP contribution in [0.3, 0.4) is 0 Å². The normalized spacial score (nSPS) is 17.5. The van der Waals surface area contributed by atoms with Crippen molar-refractivity contribution in [3.63, 3.8) is 0 Å². The standard InChI is InChI=1S/C25H38N2O4/c1-3-31-22-12-9-21(19-23(22)30-2)11-14-25(29)27-17-15-26(16-18-27)24(28)13-10-20-7-5-4-6-8-20/h9,12,19-20H,3-8,10-11,13-18H2,1-2H3. The van der Waals surface area contributed by atoms with Crippen LogP contribution in [0.4, 0.5) is 0 Å². The second-order valence-electron chi connectivity index (χ2n) is 8.72. The molecule has 1 aliphatic carbocycles. The van der Waals surface area contributed by atoms with Gasteiger partial charge in [0.15, 0.2) is 11.5 Å². The molecule has 0 unspecified atom stereocenters. The van der Waals surface area contributed by atoms with Gasteiger partial charge in [-0.2, -0.15) is 0 Å². The van der Waals surface area contributed by atoms with Gasteiger partial charge in [-0.3, -0.25) is 9.59 Å². The SMILES string of the molecule is CCOc1ccc(CCC(=O)N2CCN(C(=O)CCC3CCCCC3)CC2)cc1OC. The summed E-state index contributed by atoms with van der Waals surface area (Å²) in [5, 5.41) is 0. The first-order chi connectivity index (χ1) is 15.1. The molecule has 0 bridgehead atoms. The van der Waals surface area contributed by atoms with Crippen LogP contribution >= 0.6 is 0 Å². The van der Waals surface area contributed by atoms with E-state index in [1.54, 1.807) is 7.11 Å². The largest absolute Gasteiger partial charge is 0.493 e. The zero-order valence-corrected chi connectivity index (χ0v) is 19.2. The summed E-state index contributed by atoms with van der Waals surface area (Å²) in [5.41, 5.74) is 1.06. The Kier molecular flexibility index (Phi) is 9.04. The Labute approximate surface area is 186 Å². The number of carbonyl (C=O) groups is 2. The van der Waals surface area contributed by atoms with E-state index in [4.69, 9.17) is 9.47 Å². The number of aryl methyl sites for hydroxylation is 1. The van der Waals surface area contributed by atoms with Gasteiger partial charge in [0.1, 0.15) is 0 Å². The van der Waals surface area contributed by atoms with Crippen LogP contribution < -0.4 is 9.47 Å². The molecule has 1 aromatic carbocycles. The Balaban J connectivity index is 1.39. The molecule has 6 heteroatoms. The summed E-state index contributed by atoms with van der Waals surface area (Å²) in [6.45, 7) is 5.12. The van der Waals surface area contributed by atoms with E-state index >= 15 is 0 Å². The molecule has 0 atom stereocenters. The van der Waals surface area contributed by atoms with Gasteiger partial charge in [0.25, 0.3) is 0 Å². The first kappa shape index (κ1) is 23.4. The van der Waals surface area contributed by atoms with Crippen molar-refractivity contribution in [2.45, 2.75) is 64.7 Å². The van der Waals surface area contributed by atoms with Crippen molar-refractivity contribution in [2.24, 2.45) is 5.92 Å². The fraction of sp³-hybridized carbons (Fsp3) is 0.680. The minimum Gasteiger partial charge on any atom is -0.493 e. The monoisotopic (exact) mass is 430 g/mol. The average molecular weight is 431 g/mol. The smallest absolute Gasteiger partial charge is 0.223 e. The lowest BCUT2D eigenvalue weighted by molar-refractivity contribution is -0.139. The lowest BCUT2D eigenvalue weighted by atomic mass is 9.86. The quantitative estimate of drug-likeness (QED) is 0.593. The highest BCUT2D eigenvalue weighted by molar-refractivity contribution is 5.78. The molecule has 172 valence electrons. The fourth-order valence-electron chi connectivity index (χ4n) is 4.72. The molecule has 2 amide bonds. The molecule has 1 saturated carbocycles. The van der Waals surface area contributed by atoms with Crippen LogP contribution in [0.25, 0.3) is 0 Å². The highest BCUT2D eigenvalue weighted by Gasteiger charge is 2.24. The number of carbonyl (C=O) groups excluding carboxylic acids is 2. The second kappa shape index (κ2) is 12.0. The summed E-state index contributed by atoms with van der Waals surface area (Å²) in [7, 11) is 1.63. The van der Waals surface area contributed by atoms with E-state index in [1.807, 2.05) is 34.9 Å². The molecule has 31 heavy (non-hydrogen) atoms. The lowest BCUT2D eigenvalue weighted by Crippen LogP contribution is -2.50. The Morgan fingerprint density at radius 3 is 2.19 bits per heavy atom. The molecule has 2 aliphatic rings. The first-order valence-electron chi connectivity index (χ1n) is 12.0. The van der Waals surface area contributed by atoms with Crippen LogP contribution in [0.1, 0.15) is 63.9 Å². The molecule has 3 rings (SSSR count). The molecule has 0 aromatic heterocycles. The van der Waals surface area contributed by atoms with Gasteiger partial charge in [-0.15, -0.1) is 0 Å². The van der Waals surface area contributed by atoms with Gasteiger partial charge in [-0.25, -0.2) is 0 Å². The van der Waals surface area contributed by atoms with Crippen LogP contribution in [0.2, 0.25) is 0 Å². The lowest BCUT2D eigenvalue weighted by Gasteiger charge is -2.35. The third-order valence-corrected chi connectivity index (χ3v) is 6.63. The Morgan fingerprint density at radius 1 is 0.935 bits per heavy atom. The minimum absolute atomic E-state index is 0.155. The maximum absolute atomic E-state index is 12.7. The zero-order chi connectivity index (χ0) is 22.1. The number of amides is 2. The van der Waals surface area contributed by atoms with E-state index in [-0.39, 0.29) is 11.8 Å². The number of hydrogen-bond donors (Lipinski definition) is 0. The minimum atomic E-state index is 0.155. The molecule has 6 nitrogen and oxygen atoms in total. The second-order valence-corrected chi connectivity index (χ2v) is 8.72. The van der Waals surface area contributed by atoms with Crippen molar-refractivity contribution in [2.75, 3.05) is 39.9 Å². The molecular weight excluding hydrogens is 392 g/mol. The van der Waals surface area contributed by atoms with Crippen LogP contribution in [0.15, 0.2) is 18.2 Å². The molecule has 1 saturated heterocycles. The van der Waals surface area contributed by atoms with Gasteiger partial charge in [-0.1, -0.05) is 38.2 Å². The van der Waals surface area contributed by atoms with E-state index < -0.39 is 0 Å². The Morgan fingerprint density at radius 2 is 1.58 bits per heavy atom. The fourth-order valence-corrected chi connectivity index (χ4v) is 4.72. The number of benzene rings is 1. The zero-order valence-electron chi connectivity index (χ0n) is 19.2. The third-order valence-electron chi connectivity index (χ3n) is 6.63. The summed E-state index contributed by atoms with van der Waals surface area (Å²) < 4.78 is 10.9. The van der Waals surface area contributed by atoms with Crippen LogP contribution in [-0.4, -0.2) is 61.5 Å². The number of nitrogens with zero attached hydrogens (tertiary/aromatic N) is 2. The Bertz CT molecular complexity index is 722. The topological polar surface area (TPSA) is 59.1 Å². The third kappa shape index (κ3) is 6.88. The van der Waals surface area contributed by atoms with E-state index in [0.717, 1.165) is 23.7 Å². The number of methoxy groups -OCH3 is 1. The summed E-state index contributed by atoms with van der Waals surface area (Å²) >= 11 is 0. The van der Waals surface area contributed by atoms with Crippen molar-refractivity contribution in [1.82, 2.24) is 9.80 Å². The molecular formula is C25H38N2O4. The number of piperazine rings is 1. The average Bonchev–Trinajstić information content (AvgIpc) is 2.82. The van der Waals surface area contributed by atoms with Crippen LogP contribution in [0.5, 0.6) is 11.5 Å². The van der Waals surface area contributed by atoms with Crippen molar-refractivity contribution in [3.8, 4) is 11.5 Å². The molecule has 0 radical (unpaired) electrons. The highest BCUT2D eigenvalue weighted by Crippen LogP contribution is 2.29. The van der Waals surface area contributed by atoms with E-state index in [1.165, 1.54) is 32.1 Å². The summed E-state index contributed by atoms with van der Waals surface area (Å²) in [6, 6.07) is 5.84. The summed E-state index contributed by atoms with van der Waals surface area (Å²) in [4.78, 5) is 29.1. The summed E-state index contributed by atoms with van der Waals surface area (Å²) in [5.74, 6) is 2.58. The van der Waals surface area contributed by atoms with Gasteiger partial charge in [0.05, 0.1) is 13.7 Å². The van der Waals surface area contributed by atoms with Gasteiger partial charge < -0.3 is 19.3 Å². The number of rotatable bonds is 9. The predicted molar refractivity (Wildman–Crippen MR) is 121 cm³/mol. The summed E-state index contributed by atoms with van der Waals surface area (Å²) in [6.07, 6.45) is 9.40. The van der Waals surface area contributed by atoms with Gasteiger partial charge in [0.2, 0.25) is 11.8 Å². The first-order valence-corrected chi connectivity index (χ1v) is 12.0. The highest BCUT2D eigenvalue weighted by atomic mass is 16.5. The molecule has 0 N–H and O–H groups in total. The molecule has 0 spiro atoms. The van der Waals surface area contributed by atoms with Crippen molar-refractivity contribution >= 4 is 11.8 Å². The van der Waals surface area contributed by atoms with Crippen molar-refractivity contribution in [1.29, 1.82) is 0 Å². The molecule has 1 heterocycles. The van der Waals surface area contributed by atoms with Gasteiger partial charge in [-0.05, 0) is 43.4 Å². The molecule has 1 aliphatic heterocycles. The van der Waals surface area contributed by atoms with Crippen molar-refractivity contribution in [3.05, 3.63) is 23.8 Å². The predicted octanol–water partition coefficient (Wildman–Crippen LogP) is 4.06. The van der Waals surface area contributed by atoms with Crippen LogP contribution in [0, 0.1) is 5.92 Å². The number of ether oxygens (including phenoxy) is 2. The van der Waals surface area contributed by atoms with E-state index in [2.05, 4.69) is 0 Å². The molecule has 2 fully saturated rings. The van der Waals surface area contributed by atoms with Gasteiger partial charge in [0, 0.05) is 39.0 Å². The van der Waals surface area contributed by atoms with Crippen molar-refractivity contribution < 1.29 is 19.1 Å². The van der Waals surface area contributed by atoms with E-state index in [0.29, 0.717) is 57.8 Å². The van der Waals surface area contributed by atoms with Crippen LogP contribution in [-0.2, 0) is 16.0 Å². The Hall–Kier alpha value is -2.24. The maximum atomic E-state index is 12.7. The van der Waals surface area contributed by atoms with E-state index in [9.17, 15) is 9.59 Å². The van der Waals surface area contributed by atoms with Gasteiger partial charge >= 0.3 is 0 Å². The number of hydrogen-bond acceptors (Lipinski definition) is 4. The molecule has 1 aromatic rings.